The smallest absolute Gasteiger partial charge is 0.143 e. The standard InChI is InChI=1S/C56H37NO/c1-2-10-38(11-3-1)39-20-22-40(23-21-39)41-24-31-46(32-25-41)57(47-33-26-44(27-34-47)50-17-8-14-42-12-4-6-15-49(42)50)48-35-28-45(29-36-48)51-18-9-19-54-55(51)53-37-30-43-13-5-7-16-52(43)56(53)58-54/h1-37H/i1D,2D,3D,10D,11D,20D,21D,22D,23D,24D,25D,31D,32D. The fourth-order valence-electron chi connectivity index (χ4n) is 7.74. The second-order valence-corrected chi connectivity index (χ2v) is 13.9. The summed E-state index contributed by atoms with van der Waals surface area (Å²) < 4.78 is 122. The van der Waals surface area contributed by atoms with Crippen LogP contribution in [0.3, 0.4) is 0 Å². The molecule has 0 aliphatic heterocycles. The topological polar surface area (TPSA) is 16.4 Å². The quantitative estimate of drug-likeness (QED) is 0.161. The molecule has 0 amide bonds. The zero-order chi connectivity index (χ0) is 49.7. The number of anilines is 3. The molecule has 2 heteroatoms. The Bertz CT molecular complexity index is 3950. The van der Waals surface area contributed by atoms with E-state index in [4.69, 9.17) is 16.8 Å². The Kier molecular flexibility index (Phi) is 5.54. The Balaban J connectivity index is 1.08. The first-order valence-corrected chi connectivity index (χ1v) is 18.8. The van der Waals surface area contributed by atoms with Gasteiger partial charge in [0.1, 0.15) is 11.2 Å². The van der Waals surface area contributed by atoms with Crippen LogP contribution in [0.25, 0.3) is 88.0 Å². The Labute approximate surface area is 355 Å². The first-order chi connectivity index (χ1) is 34.2. The van der Waals surface area contributed by atoms with E-state index >= 15 is 0 Å². The Hall–Kier alpha value is -7.68. The molecule has 0 saturated heterocycles. The van der Waals surface area contributed by atoms with Crippen LogP contribution in [0, 0.1) is 0 Å². The summed E-state index contributed by atoms with van der Waals surface area (Å²) >= 11 is 0. The summed E-state index contributed by atoms with van der Waals surface area (Å²) in [5.41, 5.74) is 3.88. The summed E-state index contributed by atoms with van der Waals surface area (Å²) in [7, 11) is 0. The molecule has 0 aliphatic carbocycles. The summed E-state index contributed by atoms with van der Waals surface area (Å²) in [5, 5.41) is 6.07. The SMILES string of the molecule is [2H]c1c([2H])c([2H])c(-c2c([2H])c([2H])c(-c3c([2H])c([2H])c(N(c4ccc(-c5cccc6ccccc56)cc4)c4ccc(-c5cccc6oc7c8ccccc8ccc7c56)cc4)c([2H])c3[2H])c([2H])c2[2H])c([2H])c1[2H]. The number of benzene rings is 10. The van der Waals surface area contributed by atoms with Gasteiger partial charge in [-0.25, -0.2) is 0 Å². The molecule has 11 rings (SSSR count). The zero-order valence-electron chi connectivity index (χ0n) is 43.7. The molecular formula is C56H37NO. The van der Waals surface area contributed by atoms with Gasteiger partial charge in [0.05, 0.1) is 17.8 Å². The molecule has 0 aliphatic rings. The van der Waals surface area contributed by atoms with Crippen LogP contribution in [-0.2, 0) is 0 Å². The van der Waals surface area contributed by atoms with Gasteiger partial charge in [-0.3, -0.25) is 0 Å². The van der Waals surface area contributed by atoms with E-state index in [0.717, 1.165) is 65.7 Å². The lowest BCUT2D eigenvalue weighted by Crippen LogP contribution is -2.09. The number of hydrogen-bond donors (Lipinski definition) is 0. The third kappa shape index (κ3) is 5.91. The Morgan fingerprint density at radius 1 is 0.345 bits per heavy atom. The molecule has 2 nitrogen and oxygen atoms in total. The molecular weight excluding hydrogens is 703 g/mol. The highest BCUT2D eigenvalue weighted by Crippen LogP contribution is 2.42. The maximum absolute atomic E-state index is 9.58. The molecule has 0 bridgehead atoms. The van der Waals surface area contributed by atoms with Crippen molar-refractivity contribution in [1.29, 1.82) is 0 Å². The highest BCUT2D eigenvalue weighted by Gasteiger charge is 2.17. The van der Waals surface area contributed by atoms with Crippen LogP contribution < -0.4 is 4.90 Å². The lowest BCUT2D eigenvalue weighted by molar-refractivity contribution is 0.673. The summed E-state index contributed by atoms with van der Waals surface area (Å²) in [6, 6.07) is 38.2. The summed E-state index contributed by atoms with van der Waals surface area (Å²) in [4.78, 5) is 1.62. The normalized spacial score (nSPS) is 14.6. The maximum Gasteiger partial charge on any atom is 0.143 e. The van der Waals surface area contributed by atoms with Crippen LogP contribution in [0.5, 0.6) is 0 Å². The van der Waals surface area contributed by atoms with E-state index in [1.165, 1.54) is 0 Å². The second-order valence-electron chi connectivity index (χ2n) is 13.9. The molecule has 272 valence electrons. The fraction of sp³-hybridized carbons (Fsp3) is 0. The van der Waals surface area contributed by atoms with E-state index < -0.39 is 101 Å². The third-order valence-corrected chi connectivity index (χ3v) is 10.5. The van der Waals surface area contributed by atoms with Crippen molar-refractivity contribution in [3.63, 3.8) is 0 Å². The molecule has 0 spiro atoms. The van der Waals surface area contributed by atoms with Gasteiger partial charge >= 0.3 is 0 Å². The van der Waals surface area contributed by atoms with Gasteiger partial charge in [0.25, 0.3) is 0 Å². The van der Waals surface area contributed by atoms with Crippen LogP contribution in [-0.4, -0.2) is 0 Å². The second kappa shape index (κ2) is 14.1. The average molecular weight is 753 g/mol. The van der Waals surface area contributed by atoms with Gasteiger partial charge in [-0.1, -0.05) is 176 Å². The Morgan fingerprint density at radius 2 is 0.862 bits per heavy atom. The molecule has 0 N–H and O–H groups in total. The minimum Gasteiger partial charge on any atom is -0.455 e. The average Bonchev–Trinajstić information content (AvgIpc) is 3.79. The van der Waals surface area contributed by atoms with Crippen LogP contribution in [0.1, 0.15) is 17.8 Å². The molecule has 0 unspecified atom stereocenters. The van der Waals surface area contributed by atoms with Crippen molar-refractivity contribution in [3.8, 4) is 44.5 Å². The molecule has 58 heavy (non-hydrogen) atoms. The van der Waals surface area contributed by atoms with Crippen LogP contribution in [0.15, 0.2) is 229 Å². The van der Waals surface area contributed by atoms with Gasteiger partial charge in [-0.2, -0.15) is 0 Å². The van der Waals surface area contributed by atoms with Gasteiger partial charge < -0.3 is 9.32 Å². The Morgan fingerprint density at radius 3 is 1.53 bits per heavy atom. The van der Waals surface area contributed by atoms with Gasteiger partial charge in [-0.05, 0) is 109 Å². The molecule has 1 heterocycles. The largest absolute Gasteiger partial charge is 0.455 e. The molecule has 0 fully saturated rings. The van der Waals surface area contributed by atoms with Crippen molar-refractivity contribution in [2.45, 2.75) is 0 Å². The lowest BCUT2D eigenvalue weighted by atomic mass is 9.97. The number of rotatable bonds is 7. The molecule has 1 aromatic heterocycles. The number of fused-ring (bicyclic) bond motifs is 6. The molecule has 10 aromatic carbocycles. The zero-order valence-corrected chi connectivity index (χ0v) is 30.7. The number of nitrogens with zero attached hydrogens (tertiary/aromatic N) is 1. The van der Waals surface area contributed by atoms with E-state index in [-0.39, 0.29) is 5.69 Å². The summed E-state index contributed by atoms with van der Waals surface area (Å²) in [6.45, 7) is 0. The minimum absolute atomic E-state index is 0.143. The van der Waals surface area contributed by atoms with Gasteiger partial charge in [0.2, 0.25) is 0 Å². The van der Waals surface area contributed by atoms with Crippen molar-refractivity contribution in [2.24, 2.45) is 0 Å². The first kappa shape index (κ1) is 22.8. The maximum atomic E-state index is 9.58. The van der Waals surface area contributed by atoms with E-state index in [1.807, 2.05) is 127 Å². The van der Waals surface area contributed by atoms with Crippen LogP contribution in [0.4, 0.5) is 17.1 Å². The fourth-order valence-corrected chi connectivity index (χ4v) is 7.74. The van der Waals surface area contributed by atoms with Crippen molar-refractivity contribution < 1.29 is 22.2 Å². The van der Waals surface area contributed by atoms with Crippen molar-refractivity contribution in [2.75, 3.05) is 4.90 Å². The van der Waals surface area contributed by atoms with Crippen molar-refractivity contribution in [3.05, 3.63) is 224 Å². The van der Waals surface area contributed by atoms with E-state index in [0.29, 0.717) is 11.4 Å². The predicted molar refractivity (Wildman–Crippen MR) is 245 cm³/mol. The predicted octanol–water partition coefficient (Wildman–Crippen LogP) is 16.0. The lowest BCUT2D eigenvalue weighted by Gasteiger charge is -2.26. The van der Waals surface area contributed by atoms with Gasteiger partial charge in [0.15, 0.2) is 0 Å². The summed E-state index contributed by atoms with van der Waals surface area (Å²) in [6.07, 6.45) is 0. The molecule has 0 radical (unpaired) electrons. The summed E-state index contributed by atoms with van der Waals surface area (Å²) in [5.74, 6) is 0. The van der Waals surface area contributed by atoms with E-state index in [2.05, 4.69) is 18.2 Å². The highest BCUT2D eigenvalue weighted by atomic mass is 16.3. The third-order valence-electron chi connectivity index (χ3n) is 10.5. The molecule has 11 aromatic rings. The minimum atomic E-state index is -0.777. The number of furan rings is 1. The van der Waals surface area contributed by atoms with Crippen molar-refractivity contribution in [1.82, 2.24) is 0 Å². The van der Waals surface area contributed by atoms with E-state index in [1.54, 1.807) is 4.90 Å². The van der Waals surface area contributed by atoms with E-state index in [9.17, 15) is 5.48 Å². The molecule has 0 saturated carbocycles. The van der Waals surface area contributed by atoms with Crippen LogP contribution in [0.2, 0.25) is 0 Å². The van der Waals surface area contributed by atoms with Crippen LogP contribution >= 0.6 is 0 Å². The first-order valence-electron chi connectivity index (χ1n) is 25.3. The van der Waals surface area contributed by atoms with Crippen molar-refractivity contribution >= 4 is 60.5 Å². The molecule has 0 atom stereocenters. The highest BCUT2D eigenvalue weighted by molar-refractivity contribution is 6.19. The monoisotopic (exact) mass is 752 g/mol. The van der Waals surface area contributed by atoms with Gasteiger partial charge in [-0.15, -0.1) is 0 Å². The number of hydrogen-bond acceptors (Lipinski definition) is 2. The van der Waals surface area contributed by atoms with Gasteiger partial charge in [0, 0.05) is 33.2 Å².